The zero-order valence-corrected chi connectivity index (χ0v) is 15.6. The Morgan fingerprint density at radius 3 is 2.72 bits per heavy atom. The average molecular weight is 379 g/mol. The molecule has 1 unspecified atom stereocenters. The van der Waals surface area contributed by atoms with Gasteiger partial charge < -0.3 is 19.7 Å². The van der Waals surface area contributed by atoms with Crippen molar-refractivity contribution in [2.45, 2.75) is 5.37 Å². The fraction of sp³-hybridized carbons (Fsp3) is 0.278. The molecule has 2 aromatic carbocycles. The molecule has 7 heteroatoms. The van der Waals surface area contributed by atoms with E-state index in [9.17, 15) is 4.79 Å². The van der Waals surface area contributed by atoms with Gasteiger partial charge in [0.1, 0.15) is 5.37 Å². The van der Waals surface area contributed by atoms with Gasteiger partial charge in [0.15, 0.2) is 11.5 Å². The summed E-state index contributed by atoms with van der Waals surface area (Å²) in [4.78, 5) is 14.5. The van der Waals surface area contributed by atoms with Crippen LogP contribution >= 0.6 is 23.4 Å². The van der Waals surface area contributed by atoms with Crippen molar-refractivity contribution < 1.29 is 14.3 Å². The number of urea groups is 1. The van der Waals surface area contributed by atoms with E-state index in [1.165, 1.54) is 0 Å². The summed E-state index contributed by atoms with van der Waals surface area (Å²) < 4.78 is 10.7. The number of methoxy groups -OCH3 is 2. The topological polar surface area (TPSA) is 50.8 Å². The molecule has 0 saturated carbocycles. The number of ether oxygens (including phenoxy) is 2. The van der Waals surface area contributed by atoms with Gasteiger partial charge in [-0.2, -0.15) is 0 Å². The molecule has 0 spiro atoms. The highest BCUT2D eigenvalue weighted by atomic mass is 35.5. The number of rotatable bonds is 4. The normalized spacial score (nSPS) is 16.6. The molecule has 25 heavy (non-hydrogen) atoms. The minimum atomic E-state index is -0.146. The van der Waals surface area contributed by atoms with Crippen LogP contribution in [-0.2, 0) is 0 Å². The number of carbonyl (C=O) groups excluding carboxylic acids is 1. The van der Waals surface area contributed by atoms with Crippen molar-refractivity contribution >= 4 is 35.1 Å². The number of amides is 2. The van der Waals surface area contributed by atoms with Crippen LogP contribution in [0.25, 0.3) is 0 Å². The summed E-state index contributed by atoms with van der Waals surface area (Å²) >= 11 is 7.70. The highest BCUT2D eigenvalue weighted by Crippen LogP contribution is 2.41. The van der Waals surface area contributed by atoms with E-state index < -0.39 is 0 Å². The Hall–Kier alpha value is -2.05. The predicted molar refractivity (Wildman–Crippen MR) is 102 cm³/mol. The second-order valence-electron chi connectivity index (χ2n) is 5.47. The third kappa shape index (κ3) is 3.96. The van der Waals surface area contributed by atoms with Crippen LogP contribution in [0.3, 0.4) is 0 Å². The van der Waals surface area contributed by atoms with Crippen LogP contribution in [0.1, 0.15) is 10.9 Å². The van der Waals surface area contributed by atoms with Gasteiger partial charge in [-0.25, -0.2) is 4.79 Å². The smallest absolute Gasteiger partial charge is 0.323 e. The van der Waals surface area contributed by atoms with Crippen LogP contribution in [0.2, 0.25) is 5.02 Å². The average Bonchev–Trinajstić information content (AvgIpc) is 3.11. The lowest BCUT2D eigenvalue weighted by atomic mass is 10.2. The van der Waals surface area contributed by atoms with Crippen molar-refractivity contribution in [3.63, 3.8) is 0 Å². The Balaban J connectivity index is 1.79. The van der Waals surface area contributed by atoms with E-state index >= 15 is 0 Å². The number of halogens is 1. The van der Waals surface area contributed by atoms with Crippen molar-refractivity contribution in [1.29, 1.82) is 0 Å². The first-order chi connectivity index (χ1) is 12.1. The number of benzene rings is 2. The SMILES string of the molecule is COc1ccc(C2SCCN2C(=O)Nc2cccc(Cl)c2)cc1OC. The molecule has 1 atom stereocenters. The van der Waals surface area contributed by atoms with Crippen LogP contribution in [0.5, 0.6) is 11.5 Å². The first-order valence-electron chi connectivity index (χ1n) is 7.79. The van der Waals surface area contributed by atoms with Gasteiger partial charge in [-0.1, -0.05) is 23.7 Å². The van der Waals surface area contributed by atoms with Crippen molar-refractivity contribution in [3.8, 4) is 11.5 Å². The maximum Gasteiger partial charge on any atom is 0.323 e. The molecule has 132 valence electrons. The number of thioether (sulfide) groups is 1. The summed E-state index contributed by atoms with van der Waals surface area (Å²) in [5.41, 5.74) is 1.68. The number of nitrogens with zero attached hydrogens (tertiary/aromatic N) is 1. The molecule has 0 aromatic heterocycles. The maximum absolute atomic E-state index is 12.7. The molecule has 1 fully saturated rings. The van der Waals surface area contributed by atoms with Gasteiger partial charge in [0, 0.05) is 23.0 Å². The fourth-order valence-corrected chi connectivity index (χ4v) is 4.16. The van der Waals surface area contributed by atoms with E-state index in [1.807, 2.05) is 35.2 Å². The molecule has 1 aliphatic rings. The number of hydrogen-bond donors (Lipinski definition) is 1. The van der Waals surface area contributed by atoms with E-state index in [4.69, 9.17) is 21.1 Å². The Bertz CT molecular complexity index is 772. The Labute approximate surface area is 156 Å². The Morgan fingerprint density at radius 1 is 1.20 bits per heavy atom. The second-order valence-corrected chi connectivity index (χ2v) is 7.10. The number of hydrogen-bond acceptors (Lipinski definition) is 4. The minimum Gasteiger partial charge on any atom is -0.493 e. The van der Waals surface area contributed by atoms with Crippen molar-refractivity contribution in [3.05, 3.63) is 53.1 Å². The number of carbonyl (C=O) groups is 1. The van der Waals surface area contributed by atoms with Gasteiger partial charge in [0.05, 0.1) is 14.2 Å². The third-order valence-corrected chi connectivity index (χ3v) is 5.42. The molecule has 0 radical (unpaired) electrons. The standard InChI is InChI=1S/C18H19ClN2O3S/c1-23-15-7-6-12(10-16(15)24-2)17-21(8-9-25-17)18(22)20-14-5-3-4-13(19)11-14/h3-7,10-11,17H,8-9H2,1-2H3,(H,20,22). The lowest BCUT2D eigenvalue weighted by Gasteiger charge is -2.25. The third-order valence-electron chi connectivity index (χ3n) is 3.92. The second kappa shape index (κ2) is 7.89. The molecule has 0 aliphatic carbocycles. The van der Waals surface area contributed by atoms with E-state index in [0.29, 0.717) is 28.8 Å². The summed E-state index contributed by atoms with van der Waals surface area (Å²) in [6.07, 6.45) is 0. The molecule has 5 nitrogen and oxygen atoms in total. The lowest BCUT2D eigenvalue weighted by Crippen LogP contribution is -2.34. The molecule has 1 heterocycles. The van der Waals surface area contributed by atoms with Crippen LogP contribution in [0.15, 0.2) is 42.5 Å². The molecular formula is C18H19ClN2O3S. The molecule has 2 amide bonds. The molecule has 2 aromatic rings. The van der Waals surface area contributed by atoms with Gasteiger partial charge in [0.2, 0.25) is 0 Å². The zero-order chi connectivity index (χ0) is 17.8. The van der Waals surface area contributed by atoms with E-state index in [1.54, 1.807) is 38.1 Å². The molecule has 3 rings (SSSR count). The van der Waals surface area contributed by atoms with Crippen molar-refractivity contribution in [1.82, 2.24) is 4.90 Å². The van der Waals surface area contributed by atoms with Gasteiger partial charge in [-0.3, -0.25) is 0 Å². The highest BCUT2D eigenvalue weighted by molar-refractivity contribution is 7.99. The molecule has 0 bridgehead atoms. The largest absolute Gasteiger partial charge is 0.493 e. The quantitative estimate of drug-likeness (QED) is 0.842. The van der Waals surface area contributed by atoms with Crippen molar-refractivity contribution in [2.75, 3.05) is 31.8 Å². The summed E-state index contributed by atoms with van der Waals surface area (Å²) in [5, 5.41) is 3.43. The first-order valence-corrected chi connectivity index (χ1v) is 9.22. The molecule has 1 N–H and O–H groups in total. The summed E-state index contributed by atoms with van der Waals surface area (Å²) in [6, 6.07) is 12.7. The summed E-state index contributed by atoms with van der Waals surface area (Å²) in [6.45, 7) is 0.677. The number of nitrogens with one attached hydrogen (secondary N) is 1. The maximum atomic E-state index is 12.7. The van der Waals surface area contributed by atoms with Crippen LogP contribution < -0.4 is 14.8 Å². The predicted octanol–water partition coefficient (Wildman–Crippen LogP) is 4.64. The highest BCUT2D eigenvalue weighted by Gasteiger charge is 2.31. The zero-order valence-electron chi connectivity index (χ0n) is 14.0. The Kier molecular flexibility index (Phi) is 5.60. The van der Waals surface area contributed by atoms with Gasteiger partial charge >= 0.3 is 6.03 Å². The fourth-order valence-electron chi connectivity index (χ4n) is 2.72. The van der Waals surface area contributed by atoms with E-state index in [-0.39, 0.29) is 11.4 Å². The Morgan fingerprint density at radius 2 is 2.00 bits per heavy atom. The first kappa shape index (κ1) is 17.8. The lowest BCUT2D eigenvalue weighted by molar-refractivity contribution is 0.214. The molecule has 1 saturated heterocycles. The summed E-state index contributed by atoms with van der Waals surface area (Å²) in [5.74, 6) is 2.20. The van der Waals surface area contributed by atoms with Crippen LogP contribution in [0.4, 0.5) is 10.5 Å². The number of anilines is 1. The van der Waals surface area contributed by atoms with E-state index in [2.05, 4.69) is 5.32 Å². The van der Waals surface area contributed by atoms with Gasteiger partial charge in [0.25, 0.3) is 0 Å². The molecule has 1 aliphatic heterocycles. The monoisotopic (exact) mass is 378 g/mol. The van der Waals surface area contributed by atoms with Crippen molar-refractivity contribution in [2.24, 2.45) is 0 Å². The summed E-state index contributed by atoms with van der Waals surface area (Å²) in [7, 11) is 3.21. The molecular weight excluding hydrogens is 360 g/mol. The van der Waals surface area contributed by atoms with Gasteiger partial charge in [-0.05, 0) is 35.9 Å². The van der Waals surface area contributed by atoms with Crippen LogP contribution in [0, 0.1) is 0 Å². The van der Waals surface area contributed by atoms with Gasteiger partial charge in [-0.15, -0.1) is 11.8 Å². The van der Waals surface area contributed by atoms with Crippen LogP contribution in [-0.4, -0.2) is 37.4 Å². The minimum absolute atomic E-state index is 0.0704. The van der Waals surface area contributed by atoms with E-state index in [0.717, 1.165) is 11.3 Å².